The van der Waals surface area contributed by atoms with Gasteiger partial charge in [-0.05, 0) is 26.3 Å². The van der Waals surface area contributed by atoms with Crippen LogP contribution in [0.4, 0.5) is 13.2 Å². The van der Waals surface area contributed by atoms with Gasteiger partial charge in [0.15, 0.2) is 0 Å². The first-order chi connectivity index (χ1) is 6.99. The normalized spacial score (nSPS) is 14.2. The van der Waals surface area contributed by atoms with Crippen molar-refractivity contribution in [1.29, 1.82) is 0 Å². The Kier molecular flexibility index (Phi) is 8.33. The van der Waals surface area contributed by atoms with Crippen LogP contribution in [0.3, 0.4) is 0 Å². The van der Waals surface area contributed by atoms with Crippen LogP contribution in [0.1, 0.15) is 39.0 Å². The topological polar surface area (TPSA) is 12.0 Å². The highest BCUT2D eigenvalue weighted by molar-refractivity contribution is 8.00. The maximum Gasteiger partial charge on any atom is 0.441 e. The summed E-state index contributed by atoms with van der Waals surface area (Å²) in [6.45, 7) is 2.11. The Hall–Kier alpha value is 0.1000. The minimum Gasteiger partial charge on any atom is -0.317 e. The van der Waals surface area contributed by atoms with Crippen molar-refractivity contribution >= 4 is 11.8 Å². The maximum absolute atomic E-state index is 11.8. The molecule has 0 aromatic heterocycles. The molecule has 15 heavy (non-hydrogen) atoms. The molecule has 0 aliphatic rings. The van der Waals surface area contributed by atoms with Crippen LogP contribution in [0.25, 0.3) is 0 Å². The number of alkyl halides is 3. The van der Waals surface area contributed by atoms with E-state index >= 15 is 0 Å². The van der Waals surface area contributed by atoms with Crippen LogP contribution >= 0.6 is 11.8 Å². The van der Waals surface area contributed by atoms with Crippen molar-refractivity contribution < 1.29 is 13.2 Å². The summed E-state index contributed by atoms with van der Waals surface area (Å²) in [5, 5.41) is 3.18. The highest BCUT2D eigenvalue weighted by Gasteiger charge is 2.27. The molecule has 1 unspecified atom stereocenters. The largest absolute Gasteiger partial charge is 0.441 e. The SMILES string of the molecule is CCCC(CCCCSC(F)(F)F)NC. The monoisotopic (exact) mass is 243 g/mol. The quantitative estimate of drug-likeness (QED) is 0.651. The number of hydrogen-bond acceptors (Lipinski definition) is 2. The first-order valence-corrected chi connectivity index (χ1v) is 6.36. The van der Waals surface area contributed by atoms with E-state index in [1.165, 1.54) is 0 Å². The lowest BCUT2D eigenvalue weighted by atomic mass is 10.1. The third-order valence-electron chi connectivity index (χ3n) is 2.26. The fourth-order valence-corrected chi connectivity index (χ4v) is 2.04. The Bertz CT molecular complexity index is 150. The molecule has 0 heterocycles. The summed E-state index contributed by atoms with van der Waals surface area (Å²) >= 11 is 0.0858. The molecule has 0 amide bonds. The second-order valence-electron chi connectivity index (χ2n) is 3.56. The van der Waals surface area contributed by atoms with E-state index < -0.39 is 5.51 Å². The summed E-state index contributed by atoms with van der Waals surface area (Å²) in [5.41, 5.74) is -4.06. The Morgan fingerprint density at radius 3 is 2.33 bits per heavy atom. The van der Waals surface area contributed by atoms with Gasteiger partial charge in [0, 0.05) is 11.8 Å². The molecule has 0 spiro atoms. The van der Waals surface area contributed by atoms with E-state index in [0.29, 0.717) is 12.5 Å². The molecule has 0 saturated heterocycles. The molecular weight excluding hydrogens is 223 g/mol. The zero-order chi connectivity index (χ0) is 11.7. The van der Waals surface area contributed by atoms with E-state index in [0.717, 1.165) is 25.7 Å². The Morgan fingerprint density at radius 1 is 1.20 bits per heavy atom. The zero-order valence-corrected chi connectivity index (χ0v) is 10.2. The van der Waals surface area contributed by atoms with Crippen LogP contribution in [-0.2, 0) is 0 Å². The first-order valence-electron chi connectivity index (χ1n) is 5.37. The molecule has 0 bridgehead atoms. The molecule has 0 aliphatic heterocycles. The van der Waals surface area contributed by atoms with Gasteiger partial charge in [-0.15, -0.1) is 0 Å². The minimum atomic E-state index is -4.06. The van der Waals surface area contributed by atoms with Crippen LogP contribution in [0.15, 0.2) is 0 Å². The molecule has 0 aromatic rings. The Balaban J connectivity index is 3.36. The highest BCUT2D eigenvalue weighted by Crippen LogP contribution is 2.30. The predicted molar refractivity (Wildman–Crippen MR) is 60.1 cm³/mol. The Labute approximate surface area is 94.2 Å². The molecule has 1 nitrogen and oxygen atoms in total. The molecule has 0 radical (unpaired) electrons. The number of rotatable bonds is 8. The molecular formula is C10H20F3NS. The molecule has 0 rings (SSSR count). The van der Waals surface area contributed by atoms with E-state index in [2.05, 4.69) is 12.2 Å². The van der Waals surface area contributed by atoms with Gasteiger partial charge in [0.1, 0.15) is 0 Å². The van der Waals surface area contributed by atoms with Gasteiger partial charge in [-0.1, -0.05) is 31.5 Å². The van der Waals surface area contributed by atoms with Gasteiger partial charge in [-0.3, -0.25) is 0 Å². The van der Waals surface area contributed by atoms with Crippen molar-refractivity contribution in [2.24, 2.45) is 0 Å². The summed E-state index contributed by atoms with van der Waals surface area (Å²) in [6.07, 6.45) is 4.70. The van der Waals surface area contributed by atoms with E-state index in [4.69, 9.17) is 0 Å². The van der Waals surface area contributed by atoms with Gasteiger partial charge in [0.2, 0.25) is 0 Å². The van der Waals surface area contributed by atoms with Crippen LogP contribution in [-0.4, -0.2) is 24.4 Å². The van der Waals surface area contributed by atoms with Crippen molar-refractivity contribution in [2.75, 3.05) is 12.8 Å². The maximum atomic E-state index is 11.8. The van der Waals surface area contributed by atoms with Crippen molar-refractivity contribution in [3.63, 3.8) is 0 Å². The van der Waals surface area contributed by atoms with E-state index in [1.54, 1.807) is 0 Å². The van der Waals surface area contributed by atoms with Crippen LogP contribution < -0.4 is 5.32 Å². The fourth-order valence-electron chi connectivity index (χ4n) is 1.46. The van der Waals surface area contributed by atoms with Crippen molar-refractivity contribution in [3.8, 4) is 0 Å². The van der Waals surface area contributed by atoms with Gasteiger partial charge in [0.05, 0.1) is 0 Å². The lowest BCUT2D eigenvalue weighted by molar-refractivity contribution is -0.0328. The summed E-state index contributed by atoms with van der Waals surface area (Å²) in [7, 11) is 1.91. The van der Waals surface area contributed by atoms with Crippen molar-refractivity contribution in [2.45, 2.75) is 50.6 Å². The standard InChI is InChI=1S/C10H20F3NS/c1-3-6-9(14-2)7-4-5-8-15-10(11,12)13/h9,14H,3-8H2,1-2H3. The number of hydrogen-bond donors (Lipinski definition) is 1. The lowest BCUT2D eigenvalue weighted by Crippen LogP contribution is -2.24. The smallest absolute Gasteiger partial charge is 0.317 e. The van der Waals surface area contributed by atoms with Crippen molar-refractivity contribution in [1.82, 2.24) is 5.32 Å². The zero-order valence-electron chi connectivity index (χ0n) is 9.36. The van der Waals surface area contributed by atoms with Gasteiger partial charge in [0.25, 0.3) is 0 Å². The second-order valence-corrected chi connectivity index (χ2v) is 4.72. The first kappa shape index (κ1) is 15.1. The van der Waals surface area contributed by atoms with E-state index in [-0.39, 0.29) is 17.5 Å². The number of halogens is 3. The lowest BCUT2D eigenvalue weighted by Gasteiger charge is -2.14. The highest BCUT2D eigenvalue weighted by atomic mass is 32.2. The van der Waals surface area contributed by atoms with Gasteiger partial charge < -0.3 is 5.32 Å². The molecule has 0 fully saturated rings. The summed E-state index contributed by atoms with van der Waals surface area (Å²) in [4.78, 5) is 0. The fraction of sp³-hybridized carbons (Fsp3) is 1.00. The van der Waals surface area contributed by atoms with Gasteiger partial charge in [-0.2, -0.15) is 13.2 Å². The second kappa shape index (κ2) is 8.28. The van der Waals surface area contributed by atoms with E-state index in [9.17, 15) is 13.2 Å². The summed E-state index contributed by atoms with van der Waals surface area (Å²) in [5.74, 6) is 0.187. The number of nitrogens with one attached hydrogen (secondary N) is 1. The van der Waals surface area contributed by atoms with E-state index in [1.807, 2.05) is 7.05 Å². The van der Waals surface area contributed by atoms with Crippen LogP contribution in [0.5, 0.6) is 0 Å². The van der Waals surface area contributed by atoms with Crippen LogP contribution in [0.2, 0.25) is 0 Å². The average molecular weight is 243 g/mol. The molecule has 0 saturated carbocycles. The molecule has 0 aliphatic carbocycles. The van der Waals surface area contributed by atoms with Gasteiger partial charge >= 0.3 is 5.51 Å². The number of unbranched alkanes of at least 4 members (excludes halogenated alkanes) is 1. The number of thioether (sulfide) groups is 1. The molecule has 5 heteroatoms. The molecule has 92 valence electrons. The average Bonchev–Trinajstić information content (AvgIpc) is 2.14. The molecule has 0 aromatic carbocycles. The minimum absolute atomic E-state index is 0.0858. The molecule has 1 N–H and O–H groups in total. The van der Waals surface area contributed by atoms with Crippen molar-refractivity contribution in [3.05, 3.63) is 0 Å². The molecule has 1 atom stereocenters. The summed E-state index contributed by atoms with van der Waals surface area (Å²) in [6, 6.07) is 0.464. The third-order valence-corrected chi connectivity index (χ3v) is 3.08. The third kappa shape index (κ3) is 10.4. The summed E-state index contributed by atoms with van der Waals surface area (Å²) < 4.78 is 35.3. The predicted octanol–water partition coefficient (Wildman–Crippen LogP) is 3.80. The Morgan fingerprint density at radius 2 is 1.87 bits per heavy atom. The van der Waals surface area contributed by atoms with Crippen LogP contribution in [0, 0.1) is 0 Å². The van der Waals surface area contributed by atoms with Gasteiger partial charge in [-0.25, -0.2) is 0 Å².